The Morgan fingerprint density at radius 3 is 2.54 bits per heavy atom. The maximum atomic E-state index is 12.9. The van der Waals surface area contributed by atoms with E-state index in [0.29, 0.717) is 34.5 Å². The van der Waals surface area contributed by atoms with Gasteiger partial charge in [0.2, 0.25) is 6.79 Å². The second kappa shape index (κ2) is 6.59. The van der Waals surface area contributed by atoms with Gasteiger partial charge in [0, 0.05) is 29.6 Å². The van der Waals surface area contributed by atoms with E-state index in [1.165, 1.54) is 32.1 Å². The number of nitrogen functional groups attached to an aromatic ring is 1. The molecule has 1 aromatic carbocycles. The van der Waals surface area contributed by atoms with Crippen LogP contribution in [0.1, 0.15) is 59.9 Å². The van der Waals surface area contributed by atoms with Crippen LogP contribution in [0.5, 0.6) is 11.5 Å². The van der Waals surface area contributed by atoms with Crippen LogP contribution < -0.4 is 20.5 Å². The molecule has 0 radical (unpaired) electrons. The van der Waals surface area contributed by atoms with Gasteiger partial charge in [-0.1, -0.05) is 19.3 Å². The summed E-state index contributed by atoms with van der Waals surface area (Å²) in [6.45, 7) is 4.28. The number of amides is 1. The van der Waals surface area contributed by atoms with Crippen LogP contribution in [0.25, 0.3) is 0 Å². The average molecular weight is 355 g/mol. The highest BCUT2D eigenvalue weighted by Gasteiger charge is 2.24. The van der Waals surface area contributed by atoms with Gasteiger partial charge in [0.05, 0.1) is 16.9 Å². The fraction of sp³-hybridized carbons (Fsp3) is 0.450. The number of nitrogens with two attached hydrogens (primary N) is 1. The smallest absolute Gasteiger partial charge is 0.257 e. The maximum absolute atomic E-state index is 12.9. The molecule has 3 N–H and O–H groups in total. The molecule has 6 heteroatoms. The summed E-state index contributed by atoms with van der Waals surface area (Å²) in [7, 11) is 0. The number of ether oxygens (including phenoxy) is 2. The Hall–Kier alpha value is -2.63. The van der Waals surface area contributed by atoms with Crippen LogP contribution in [-0.4, -0.2) is 17.3 Å². The molecule has 1 amide bonds. The van der Waals surface area contributed by atoms with Crippen LogP contribution in [0.2, 0.25) is 0 Å². The number of hydrogen-bond donors (Lipinski definition) is 2. The van der Waals surface area contributed by atoms with Gasteiger partial charge in [0.15, 0.2) is 11.5 Å². The highest BCUT2D eigenvalue weighted by atomic mass is 16.7. The largest absolute Gasteiger partial charge is 0.454 e. The van der Waals surface area contributed by atoms with Crippen LogP contribution in [0, 0.1) is 13.8 Å². The molecule has 1 saturated carbocycles. The number of aromatic nitrogens is 1. The highest BCUT2D eigenvalue weighted by molar-refractivity contribution is 6.07. The molecule has 0 unspecified atom stereocenters. The van der Waals surface area contributed by atoms with Gasteiger partial charge >= 0.3 is 0 Å². The molecule has 4 rings (SSSR count). The summed E-state index contributed by atoms with van der Waals surface area (Å²) in [6.07, 6.45) is 6.21. The van der Waals surface area contributed by atoms with Crippen LogP contribution in [-0.2, 0) is 0 Å². The van der Waals surface area contributed by atoms with E-state index in [-0.39, 0.29) is 12.7 Å². The first-order chi connectivity index (χ1) is 12.5. The Kier molecular flexibility index (Phi) is 4.26. The molecule has 0 atom stereocenters. The van der Waals surface area contributed by atoms with Crippen molar-refractivity contribution in [2.75, 3.05) is 17.8 Å². The molecule has 2 aliphatic rings. The van der Waals surface area contributed by atoms with Crippen molar-refractivity contribution in [3.63, 3.8) is 0 Å². The first-order valence-electron chi connectivity index (χ1n) is 9.23. The van der Waals surface area contributed by atoms with Crippen molar-refractivity contribution >= 4 is 17.3 Å². The van der Waals surface area contributed by atoms with Gasteiger partial charge in [0.1, 0.15) is 0 Å². The summed E-state index contributed by atoms with van der Waals surface area (Å²) in [6, 6.07) is 5.88. The lowest BCUT2D eigenvalue weighted by molar-refractivity contribution is 0.102. The number of carbonyl (C=O) groups is 1. The molecular weight excluding hydrogens is 330 g/mol. The molecule has 0 spiro atoms. The fourth-order valence-corrected chi connectivity index (χ4v) is 4.16. The quantitative estimate of drug-likeness (QED) is 0.810. The van der Waals surface area contributed by atoms with E-state index in [9.17, 15) is 4.79 Å². The Morgan fingerprint density at radius 1 is 1.12 bits per heavy atom. The molecule has 0 saturated heterocycles. The van der Waals surface area contributed by atoms with Gasteiger partial charge < -0.3 is 25.1 Å². The summed E-state index contributed by atoms with van der Waals surface area (Å²) in [5, 5.41) is 2.93. The number of hydrogen-bond acceptors (Lipinski definition) is 4. The third kappa shape index (κ3) is 2.89. The summed E-state index contributed by atoms with van der Waals surface area (Å²) >= 11 is 0. The molecule has 138 valence electrons. The molecule has 2 heterocycles. The SMILES string of the molecule is Cc1cc(C(=O)Nc2cc3c(cc2N)OCO3)c(C)n1C1CCCCC1. The number of anilines is 2. The van der Waals surface area contributed by atoms with Crippen molar-refractivity contribution in [3.05, 3.63) is 35.2 Å². The summed E-state index contributed by atoms with van der Waals surface area (Å²) in [5.41, 5.74) is 9.92. The van der Waals surface area contributed by atoms with Gasteiger partial charge in [0.25, 0.3) is 5.91 Å². The second-order valence-electron chi connectivity index (χ2n) is 7.19. The fourth-order valence-electron chi connectivity index (χ4n) is 4.16. The topological polar surface area (TPSA) is 78.5 Å². The molecule has 1 aromatic heterocycles. The first kappa shape index (κ1) is 16.8. The number of nitrogens with one attached hydrogen (secondary N) is 1. The zero-order chi connectivity index (χ0) is 18.3. The molecule has 1 aliphatic heterocycles. The van der Waals surface area contributed by atoms with Crippen molar-refractivity contribution in [1.29, 1.82) is 0 Å². The first-order valence-corrected chi connectivity index (χ1v) is 9.23. The number of nitrogens with zero attached hydrogens (tertiary/aromatic N) is 1. The monoisotopic (exact) mass is 355 g/mol. The van der Waals surface area contributed by atoms with E-state index in [2.05, 4.69) is 16.8 Å². The van der Waals surface area contributed by atoms with Gasteiger partial charge in [-0.15, -0.1) is 0 Å². The Morgan fingerprint density at radius 2 is 1.81 bits per heavy atom. The molecular formula is C20H25N3O3. The Balaban J connectivity index is 1.59. The summed E-state index contributed by atoms with van der Waals surface area (Å²) in [5.74, 6) is 1.06. The molecule has 1 aliphatic carbocycles. The maximum Gasteiger partial charge on any atom is 0.257 e. The van der Waals surface area contributed by atoms with Crippen molar-refractivity contribution in [3.8, 4) is 11.5 Å². The Labute approximate surface area is 153 Å². The molecule has 1 fully saturated rings. The third-order valence-electron chi connectivity index (χ3n) is 5.46. The minimum Gasteiger partial charge on any atom is -0.454 e. The molecule has 2 aromatic rings. The normalized spacial score (nSPS) is 16.7. The summed E-state index contributed by atoms with van der Waals surface area (Å²) < 4.78 is 13.0. The summed E-state index contributed by atoms with van der Waals surface area (Å²) in [4.78, 5) is 12.9. The van der Waals surface area contributed by atoms with Crippen LogP contribution in [0.15, 0.2) is 18.2 Å². The van der Waals surface area contributed by atoms with Gasteiger partial charge in [-0.25, -0.2) is 0 Å². The number of aryl methyl sites for hydroxylation is 1. The van der Waals surface area contributed by atoms with Gasteiger partial charge in [-0.3, -0.25) is 4.79 Å². The number of fused-ring (bicyclic) bond motifs is 1. The predicted octanol–water partition coefficient (Wildman–Crippen LogP) is 4.17. The van der Waals surface area contributed by atoms with Crippen LogP contribution >= 0.6 is 0 Å². The van der Waals surface area contributed by atoms with Crippen molar-refractivity contribution in [2.45, 2.75) is 52.0 Å². The molecule has 6 nitrogen and oxygen atoms in total. The average Bonchev–Trinajstić information content (AvgIpc) is 3.19. The van der Waals surface area contributed by atoms with E-state index in [1.807, 2.05) is 13.0 Å². The lowest BCUT2D eigenvalue weighted by Crippen LogP contribution is -2.17. The lowest BCUT2D eigenvalue weighted by Gasteiger charge is -2.26. The standard InChI is InChI=1S/C20H25N3O3/c1-12-8-15(13(2)23(12)14-6-4-3-5-7-14)20(24)22-17-10-19-18(9-16(17)21)25-11-26-19/h8-10,14H,3-7,11,21H2,1-2H3,(H,22,24). The van der Waals surface area contributed by atoms with E-state index >= 15 is 0 Å². The van der Waals surface area contributed by atoms with E-state index in [4.69, 9.17) is 15.2 Å². The highest BCUT2D eigenvalue weighted by Crippen LogP contribution is 2.39. The van der Waals surface area contributed by atoms with Crippen molar-refractivity contribution < 1.29 is 14.3 Å². The van der Waals surface area contributed by atoms with E-state index in [1.54, 1.807) is 12.1 Å². The number of rotatable bonds is 3. The predicted molar refractivity (Wildman–Crippen MR) is 101 cm³/mol. The Bertz CT molecular complexity index is 850. The lowest BCUT2D eigenvalue weighted by atomic mass is 9.95. The minimum atomic E-state index is -0.147. The second-order valence-corrected chi connectivity index (χ2v) is 7.19. The molecule has 26 heavy (non-hydrogen) atoms. The van der Waals surface area contributed by atoms with Gasteiger partial charge in [-0.05, 0) is 32.8 Å². The van der Waals surface area contributed by atoms with Crippen molar-refractivity contribution in [2.24, 2.45) is 0 Å². The molecule has 0 bridgehead atoms. The van der Waals surface area contributed by atoms with Crippen molar-refractivity contribution in [1.82, 2.24) is 4.57 Å². The zero-order valence-electron chi connectivity index (χ0n) is 15.3. The third-order valence-corrected chi connectivity index (χ3v) is 5.46. The minimum absolute atomic E-state index is 0.147. The van der Waals surface area contributed by atoms with Crippen LogP contribution in [0.3, 0.4) is 0 Å². The number of benzene rings is 1. The zero-order valence-corrected chi connectivity index (χ0v) is 15.3. The number of carbonyl (C=O) groups excluding carboxylic acids is 1. The van der Waals surface area contributed by atoms with E-state index in [0.717, 1.165) is 11.4 Å². The van der Waals surface area contributed by atoms with E-state index < -0.39 is 0 Å². The van der Waals surface area contributed by atoms with Crippen LogP contribution in [0.4, 0.5) is 11.4 Å². The van der Waals surface area contributed by atoms with Gasteiger partial charge in [-0.2, -0.15) is 0 Å².